The minimum atomic E-state index is -0.425. The van der Waals surface area contributed by atoms with Crippen LogP contribution in [-0.2, 0) is 37.9 Å². The molecule has 0 aliphatic rings. The summed E-state index contributed by atoms with van der Waals surface area (Å²) in [6, 6.07) is 0. The molecule has 1 atom stereocenters. The summed E-state index contributed by atoms with van der Waals surface area (Å²) in [7, 11) is 1.65. The number of nitrogens with one attached hydrogen (secondary N) is 1. The Labute approximate surface area is 384 Å². The third-order valence-corrected chi connectivity index (χ3v) is 11.5. The highest BCUT2D eigenvalue weighted by Crippen LogP contribution is 2.16. The van der Waals surface area contributed by atoms with Crippen LogP contribution in [0.1, 0.15) is 226 Å². The van der Waals surface area contributed by atoms with Gasteiger partial charge in [-0.05, 0) is 19.3 Å². The zero-order valence-corrected chi connectivity index (χ0v) is 41.5. The summed E-state index contributed by atoms with van der Waals surface area (Å²) in [5.41, 5.74) is 0. The molecule has 0 aromatic carbocycles. The zero-order chi connectivity index (χ0) is 44.8. The number of ether oxygens (including phenoxy) is 8. The summed E-state index contributed by atoms with van der Waals surface area (Å²) in [4.78, 5) is 12.5. The topological polar surface area (TPSA) is 103 Å². The Bertz CT molecular complexity index is 823. The summed E-state index contributed by atoms with van der Waals surface area (Å²) in [6.07, 6.45) is 43.4. The van der Waals surface area contributed by atoms with Crippen molar-refractivity contribution in [2.24, 2.45) is 0 Å². The normalized spacial score (nSPS) is 12.0. The van der Waals surface area contributed by atoms with Crippen LogP contribution in [0.2, 0.25) is 0 Å². The third kappa shape index (κ3) is 53.3. The van der Waals surface area contributed by atoms with E-state index >= 15 is 0 Å². The molecular weight excluding hydrogens is 783 g/mol. The molecule has 0 aromatic rings. The van der Waals surface area contributed by atoms with Crippen molar-refractivity contribution >= 4 is 6.09 Å². The molecule has 10 heteroatoms. The van der Waals surface area contributed by atoms with Crippen molar-refractivity contribution in [2.45, 2.75) is 232 Å². The van der Waals surface area contributed by atoms with Crippen molar-refractivity contribution in [1.29, 1.82) is 0 Å². The first kappa shape index (κ1) is 61.0. The van der Waals surface area contributed by atoms with Crippen LogP contribution in [0.5, 0.6) is 0 Å². The number of rotatable bonds is 55. The second-order valence-electron chi connectivity index (χ2n) is 17.5. The lowest BCUT2D eigenvalue weighted by molar-refractivity contribution is -0.0468. The maximum Gasteiger partial charge on any atom is 0.407 e. The predicted octanol–water partition coefficient (Wildman–Crippen LogP) is 13.7. The van der Waals surface area contributed by atoms with E-state index < -0.39 is 6.09 Å². The minimum Gasteiger partial charge on any atom is -0.447 e. The van der Waals surface area contributed by atoms with E-state index in [0.29, 0.717) is 85.6 Å². The van der Waals surface area contributed by atoms with Gasteiger partial charge in [0, 0.05) is 33.5 Å². The number of carbonyl (C=O) groups excluding carboxylic acids is 1. The number of carbonyl (C=O) groups is 1. The number of unbranched alkanes of at least 4 members (excludes halogenated alkanes) is 30. The highest BCUT2D eigenvalue weighted by Gasteiger charge is 2.13. The van der Waals surface area contributed by atoms with Gasteiger partial charge in [0.1, 0.15) is 12.7 Å². The van der Waals surface area contributed by atoms with Gasteiger partial charge in [-0.3, -0.25) is 0 Å². The van der Waals surface area contributed by atoms with Crippen LogP contribution in [0.25, 0.3) is 0 Å². The molecule has 1 unspecified atom stereocenters. The summed E-state index contributed by atoms with van der Waals surface area (Å²) in [6.45, 7) is 12.0. The fourth-order valence-electron chi connectivity index (χ4n) is 7.50. The van der Waals surface area contributed by atoms with Crippen LogP contribution in [0.4, 0.5) is 4.79 Å². The molecular formula is C52H105NO9. The monoisotopic (exact) mass is 888 g/mol. The molecule has 0 saturated carbocycles. The van der Waals surface area contributed by atoms with Gasteiger partial charge in [-0.1, -0.05) is 206 Å². The molecule has 0 bridgehead atoms. The van der Waals surface area contributed by atoms with Gasteiger partial charge < -0.3 is 43.2 Å². The van der Waals surface area contributed by atoms with Gasteiger partial charge in [-0.15, -0.1) is 0 Å². The second kappa shape index (κ2) is 56.1. The number of amides is 1. The molecule has 0 aromatic heterocycles. The van der Waals surface area contributed by atoms with E-state index in [-0.39, 0.29) is 12.7 Å². The highest BCUT2D eigenvalue weighted by molar-refractivity contribution is 5.67. The Morgan fingerprint density at radius 2 is 0.677 bits per heavy atom. The molecule has 62 heavy (non-hydrogen) atoms. The Balaban J connectivity index is 4.07. The van der Waals surface area contributed by atoms with Crippen LogP contribution >= 0.6 is 0 Å². The van der Waals surface area contributed by atoms with Crippen LogP contribution < -0.4 is 5.32 Å². The number of hydrogen-bond acceptors (Lipinski definition) is 9. The molecule has 1 amide bonds. The van der Waals surface area contributed by atoms with Crippen molar-refractivity contribution in [1.82, 2.24) is 5.32 Å². The first-order valence-electron chi connectivity index (χ1n) is 26.6. The summed E-state index contributed by atoms with van der Waals surface area (Å²) < 4.78 is 44.7. The molecule has 0 fully saturated rings. The largest absolute Gasteiger partial charge is 0.447 e. The Morgan fingerprint density at radius 1 is 0.355 bits per heavy atom. The fraction of sp³-hybridized carbons (Fsp3) is 0.981. The molecule has 372 valence electrons. The van der Waals surface area contributed by atoms with E-state index in [1.165, 1.54) is 193 Å². The van der Waals surface area contributed by atoms with Crippen LogP contribution in [0, 0.1) is 0 Å². The average molecular weight is 888 g/mol. The lowest BCUT2D eigenvalue weighted by Gasteiger charge is -2.18. The predicted molar refractivity (Wildman–Crippen MR) is 259 cm³/mol. The van der Waals surface area contributed by atoms with Gasteiger partial charge in [0.2, 0.25) is 0 Å². The van der Waals surface area contributed by atoms with E-state index in [0.717, 1.165) is 19.4 Å². The van der Waals surface area contributed by atoms with Gasteiger partial charge in [0.15, 0.2) is 0 Å². The quantitative estimate of drug-likeness (QED) is 0.0598. The summed E-state index contributed by atoms with van der Waals surface area (Å²) in [5.74, 6) is 0. The molecule has 0 saturated heterocycles. The molecule has 0 aliphatic carbocycles. The van der Waals surface area contributed by atoms with Gasteiger partial charge >= 0.3 is 6.09 Å². The molecule has 0 radical (unpaired) electrons. The van der Waals surface area contributed by atoms with Crippen molar-refractivity contribution < 1.29 is 42.7 Å². The number of hydrogen-bond donors (Lipinski definition) is 1. The number of methoxy groups -OCH3 is 1. The van der Waals surface area contributed by atoms with Crippen molar-refractivity contribution in [3.63, 3.8) is 0 Å². The van der Waals surface area contributed by atoms with Crippen molar-refractivity contribution in [3.8, 4) is 0 Å². The van der Waals surface area contributed by atoms with Crippen molar-refractivity contribution in [3.05, 3.63) is 0 Å². The number of alkyl carbamates (subject to hydrolysis) is 1. The van der Waals surface area contributed by atoms with Crippen LogP contribution in [0.15, 0.2) is 0 Å². The first-order valence-corrected chi connectivity index (χ1v) is 26.6. The Kier molecular flexibility index (Phi) is 55.2. The Hall–Kier alpha value is -1.01. The molecule has 0 rings (SSSR count). The minimum absolute atomic E-state index is 0.196. The molecule has 0 heterocycles. The average Bonchev–Trinajstić information content (AvgIpc) is 3.28. The van der Waals surface area contributed by atoms with Crippen LogP contribution in [0.3, 0.4) is 0 Å². The van der Waals surface area contributed by atoms with Crippen LogP contribution in [-0.4, -0.2) is 112 Å². The standard InChI is InChI=1S/C52H105NO9/c1-4-6-8-10-12-14-16-18-20-22-24-26-28-30-32-34-38-60-49-51(61-40-35-33-31-29-27-25-23-21-19-17-15-13-11-9-7-5-2)50-62-52(54)53-37-36-39-56-43-44-58-47-48-59-46-45-57-42-41-55-3/h51H,4-50H2,1-3H3,(H,53,54). The Morgan fingerprint density at radius 3 is 1.06 bits per heavy atom. The molecule has 10 nitrogen and oxygen atoms in total. The summed E-state index contributed by atoms with van der Waals surface area (Å²) in [5, 5.41) is 2.84. The third-order valence-electron chi connectivity index (χ3n) is 11.5. The molecule has 0 spiro atoms. The van der Waals surface area contributed by atoms with Crippen molar-refractivity contribution in [2.75, 3.05) is 99.5 Å². The van der Waals surface area contributed by atoms with E-state index in [4.69, 9.17) is 37.9 Å². The lowest BCUT2D eigenvalue weighted by Crippen LogP contribution is -2.32. The van der Waals surface area contributed by atoms with E-state index in [2.05, 4.69) is 19.2 Å². The van der Waals surface area contributed by atoms with E-state index in [1.807, 2.05) is 0 Å². The first-order chi connectivity index (χ1) is 30.7. The smallest absolute Gasteiger partial charge is 0.407 e. The molecule has 0 aliphatic heterocycles. The summed E-state index contributed by atoms with van der Waals surface area (Å²) >= 11 is 0. The van der Waals surface area contributed by atoms with E-state index in [9.17, 15) is 4.79 Å². The maximum atomic E-state index is 12.5. The maximum absolute atomic E-state index is 12.5. The van der Waals surface area contributed by atoms with Gasteiger partial charge in [0.05, 0.1) is 59.5 Å². The zero-order valence-electron chi connectivity index (χ0n) is 41.5. The lowest BCUT2D eigenvalue weighted by atomic mass is 10.0. The van der Waals surface area contributed by atoms with Gasteiger partial charge in [-0.25, -0.2) is 4.79 Å². The van der Waals surface area contributed by atoms with Gasteiger partial charge in [-0.2, -0.15) is 0 Å². The molecule has 1 N–H and O–H groups in total. The fourth-order valence-corrected chi connectivity index (χ4v) is 7.50. The van der Waals surface area contributed by atoms with Gasteiger partial charge in [0.25, 0.3) is 0 Å². The van der Waals surface area contributed by atoms with E-state index in [1.54, 1.807) is 7.11 Å². The SMILES string of the molecule is CCCCCCCCCCCCCCCCCCOCC(COC(=O)NCCCOCCOCCOCCOCCOC)OCCCCCCCCCCCCCCCCCC. The highest BCUT2D eigenvalue weighted by atomic mass is 16.6. The second-order valence-corrected chi connectivity index (χ2v) is 17.5.